The second kappa shape index (κ2) is 6.40. The van der Waals surface area contributed by atoms with E-state index in [1.165, 1.54) is 0 Å². The van der Waals surface area contributed by atoms with E-state index in [0.29, 0.717) is 12.0 Å². The van der Waals surface area contributed by atoms with E-state index in [1.807, 2.05) is 0 Å². The van der Waals surface area contributed by atoms with Crippen molar-refractivity contribution in [2.24, 2.45) is 11.7 Å². The molecule has 0 aromatic carbocycles. The van der Waals surface area contributed by atoms with Crippen molar-refractivity contribution in [1.82, 2.24) is 4.90 Å². The van der Waals surface area contributed by atoms with Gasteiger partial charge in [0.1, 0.15) is 0 Å². The molecule has 2 atom stereocenters. The van der Waals surface area contributed by atoms with Crippen LogP contribution < -0.4 is 5.73 Å². The summed E-state index contributed by atoms with van der Waals surface area (Å²) in [5, 5.41) is 0. The summed E-state index contributed by atoms with van der Waals surface area (Å²) < 4.78 is 5.07. The molecule has 0 fully saturated rings. The number of nitrogens with zero attached hydrogens (tertiary/aromatic N) is 1. The molecule has 0 bridgehead atoms. The molecular formula is C9H22N2O. The first-order valence-electron chi connectivity index (χ1n) is 4.51. The van der Waals surface area contributed by atoms with Crippen LogP contribution in [0.5, 0.6) is 0 Å². The summed E-state index contributed by atoms with van der Waals surface area (Å²) in [6.45, 7) is 6.90. The molecule has 0 aromatic rings. The fraction of sp³-hybridized carbons (Fsp3) is 1.00. The molecule has 0 amide bonds. The number of nitrogens with two attached hydrogens (primary N) is 1. The summed E-state index contributed by atoms with van der Waals surface area (Å²) in [7, 11) is 3.84. The van der Waals surface area contributed by atoms with E-state index in [0.717, 1.165) is 19.7 Å². The molecule has 0 rings (SSSR count). The Kier molecular flexibility index (Phi) is 6.34. The van der Waals surface area contributed by atoms with Crippen LogP contribution in [0.2, 0.25) is 0 Å². The summed E-state index contributed by atoms with van der Waals surface area (Å²) in [6, 6.07) is 0.476. The highest BCUT2D eigenvalue weighted by Crippen LogP contribution is 2.00. The molecule has 74 valence electrons. The van der Waals surface area contributed by atoms with Crippen LogP contribution in [0.1, 0.15) is 13.8 Å². The number of rotatable bonds is 6. The number of likely N-dealkylation sites (N-methyl/N-ethyl adjacent to an activating group) is 1. The second-order valence-electron chi connectivity index (χ2n) is 3.58. The van der Waals surface area contributed by atoms with Gasteiger partial charge in [-0.2, -0.15) is 0 Å². The van der Waals surface area contributed by atoms with Crippen LogP contribution in [-0.4, -0.2) is 44.8 Å². The Balaban J connectivity index is 3.62. The van der Waals surface area contributed by atoms with Crippen LogP contribution in [0.3, 0.4) is 0 Å². The molecule has 3 heteroatoms. The van der Waals surface area contributed by atoms with Gasteiger partial charge in [0.15, 0.2) is 0 Å². The summed E-state index contributed by atoms with van der Waals surface area (Å²) in [6.07, 6.45) is 0. The molecule has 12 heavy (non-hydrogen) atoms. The SMILES string of the molecule is COCC(C)N(C)CC(C)CN. The molecule has 0 saturated carbocycles. The van der Waals surface area contributed by atoms with Crippen molar-refractivity contribution in [1.29, 1.82) is 0 Å². The Morgan fingerprint density at radius 2 is 2.00 bits per heavy atom. The van der Waals surface area contributed by atoms with Crippen LogP contribution in [0.4, 0.5) is 0 Å². The average molecular weight is 174 g/mol. The van der Waals surface area contributed by atoms with Crippen LogP contribution in [0.15, 0.2) is 0 Å². The highest BCUT2D eigenvalue weighted by Gasteiger charge is 2.10. The van der Waals surface area contributed by atoms with E-state index in [1.54, 1.807) is 7.11 Å². The summed E-state index contributed by atoms with van der Waals surface area (Å²) >= 11 is 0. The predicted molar refractivity (Wildman–Crippen MR) is 52.2 cm³/mol. The minimum atomic E-state index is 0.476. The molecule has 0 aliphatic heterocycles. The molecule has 0 spiro atoms. The lowest BCUT2D eigenvalue weighted by atomic mass is 10.1. The molecule has 2 unspecified atom stereocenters. The zero-order valence-corrected chi connectivity index (χ0v) is 8.71. The monoisotopic (exact) mass is 174 g/mol. The normalized spacial score (nSPS) is 16.5. The predicted octanol–water partition coefficient (Wildman–Crippen LogP) is 0.548. The molecule has 0 radical (unpaired) electrons. The lowest BCUT2D eigenvalue weighted by Gasteiger charge is -2.26. The van der Waals surface area contributed by atoms with E-state index in [-0.39, 0.29) is 0 Å². The highest BCUT2D eigenvalue weighted by molar-refractivity contribution is 4.65. The first kappa shape index (κ1) is 11.9. The Labute approximate surface area is 75.9 Å². The Bertz CT molecular complexity index is 109. The van der Waals surface area contributed by atoms with Crippen molar-refractivity contribution in [2.75, 3.05) is 33.9 Å². The van der Waals surface area contributed by atoms with Gasteiger partial charge in [-0.15, -0.1) is 0 Å². The van der Waals surface area contributed by atoms with E-state index < -0.39 is 0 Å². The first-order chi connectivity index (χ1) is 5.61. The summed E-state index contributed by atoms with van der Waals surface area (Å²) in [5.74, 6) is 0.564. The Morgan fingerprint density at radius 3 is 2.42 bits per heavy atom. The van der Waals surface area contributed by atoms with Gasteiger partial charge < -0.3 is 15.4 Å². The maximum atomic E-state index is 5.54. The zero-order valence-electron chi connectivity index (χ0n) is 8.71. The number of hydrogen-bond acceptors (Lipinski definition) is 3. The molecule has 3 nitrogen and oxygen atoms in total. The molecule has 0 aliphatic rings. The van der Waals surface area contributed by atoms with E-state index in [2.05, 4.69) is 25.8 Å². The molecule has 0 aromatic heterocycles. The standard InChI is InChI=1S/C9H22N2O/c1-8(5-10)6-11(3)9(2)7-12-4/h8-9H,5-7,10H2,1-4H3. The fourth-order valence-electron chi connectivity index (χ4n) is 1.11. The smallest absolute Gasteiger partial charge is 0.0615 e. The van der Waals surface area contributed by atoms with Gasteiger partial charge in [0.25, 0.3) is 0 Å². The quantitative estimate of drug-likeness (QED) is 0.639. The first-order valence-corrected chi connectivity index (χ1v) is 4.51. The van der Waals surface area contributed by atoms with Crippen molar-refractivity contribution in [3.63, 3.8) is 0 Å². The fourth-order valence-corrected chi connectivity index (χ4v) is 1.11. The Morgan fingerprint density at radius 1 is 1.42 bits per heavy atom. The third kappa shape index (κ3) is 4.70. The van der Waals surface area contributed by atoms with Crippen molar-refractivity contribution in [2.45, 2.75) is 19.9 Å². The largest absolute Gasteiger partial charge is 0.383 e. The third-order valence-electron chi connectivity index (χ3n) is 2.16. The van der Waals surface area contributed by atoms with Crippen molar-refractivity contribution in [3.8, 4) is 0 Å². The lowest BCUT2D eigenvalue weighted by molar-refractivity contribution is 0.108. The minimum absolute atomic E-state index is 0.476. The van der Waals surface area contributed by atoms with Gasteiger partial charge in [-0.3, -0.25) is 0 Å². The number of hydrogen-bond donors (Lipinski definition) is 1. The molecule has 0 aliphatic carbocycles. The van der Waals surface area contributed by atoms with Crippen LogP contribution in [0.25, 0.3) is 0 Å². The van der Waals surface area contributed by atoms with Gasteiger partial charge in [0.05, 0.1) is 6.61 Å². The maximum absolute atomic E-state index is 5.54. The molecular weight excluding hydrogens is 152 g/mol. The van der Waals surface area contributed by atoms with E-state index in [9.17, 15) is 0 Å². The Hall–Kier alpha value is -0.120. The minimum Gasteiger partial charge on any atom is -0.383 e. The highest BCUT2D eigenvalue weighted by atomic mass is 16.5. The van der Waals surface area contributed by atoms with Crippen LogP contribution >= 0.6 is 0 Å². The topological polar surface area (TPSA) is 38.5 Å². The number of ether oxygens (including phenoxy) is 1. The van der Waals surface area contributed by atoms with E-state index in [4.69, 9.17) is 10.5 Å². The van der Waals surface area contributed by atoms with Crippen molar-refractivity contribution >= 4 is 0 Å². The second-order valence-corrected chi connectivity index (χ2v) is 3.58. The maximum Gasteiger partial charge on any atom is 0.0615 e. The van der Waals surface area contributed by atoms with E-state index >= 15 is 0 Å². The van der Waals surface area contributed by atoms with Gasteiger partial charge in [0, 0.05) is 19.7 Å². The third-order valence-corrected chi connectivity index (χ3v) is 2.16. The van der Waals surface area contributed by atoms with Gasteiger partial charge >= 0.3 is 0 Å². The molecule has 2 N–H and O–H groups in total. The molecule has 0 heterocycles. The van der Waals surface area contributed by atoms with Gasteiger partial charge in [0.2, 0.25) is 0 Å². The van der Waals surface area contributed by atoms with Gasteiger partial charge in [-0.25, -0.2) is 0 Å². The van der Waals surface area contributed by atoms with Crippen LogP contribution in [-0.2, 0) is 4.74 Å². The average Bonchev–Trinajstić information content (AvgIpc) is 2.04. The summed E-state index contributed by atoms with van der Waals surface area (Å²) in [4.78, 5) is 2.28. The summed E-state index contributed by atoms with van der Waals surface area (Å²) in [5.41, 5.74) is 5.54. The van der Waals surface area contributed by atoms with Crippen LogP contribution in [0, 0.1) is 5.92 Å². The zero-order chi connectivity index (χ0) is 9.56. The lowest BCUT2D eigenvalue weighted by Crippen LogP contribution is -2.37. The van der Waals surface area contributed by atoms with Gasteiger partial charge in [-0.05, 0) is 26.4 Å². The number of methoxy groups -OCH3 is 1. The van der Waals surface area contributed by atoms with Crippen molar-refractivity contribution in [3.05, 3.63) is 0 Å². The molecule has 0 saturated heterocycles. The van der Waals surface area contributed by atoms with Gasteiger partial charge in [-0.1, -0.05) is 6.92 Å². The van der Waals surface area contributed by atoms with Crippen molar-refractivity contribution < 1.29 is 4.74 Å².